The Morgan fingerprint density at radius 1 is 1.06 bits per heavy atom. The SMILES string of the molecule is OC(c1ccncc1F)c1ccc(F)c(F)c1Br. The van der Waals surface area contributed by atoms with Gasteiger partial charge in [0.1, 0.15) is 11.9 Å². The van der Waals surface area contributed by atoms with Gasteiger partial charge in [-0.2, -0.15) is 0 Å². The van der Waals surface area contributed by atoms with Crippen LogP contribution in [0, 0.1) is 17.5 Å². The molecule has 0 saturated heterocycles. The van der Waals surface area contributed by atoms with E-state index in [1.807, 2.05) is 0 Å². The van der Waals surface area contributed by atoms with Crippen molar-refractivity contribution in [3.8, 4) is 0 Å². The summed E-state index contributed by atoms with van der Waals surface area (Å²) >= 11 is 2.84. The standard InChI is InChI=1S/C12H7BrF3NO/c13-10-7(1-2-8(14)11(10)16)12(18)6-3-4-17-5-9(6)15/h1-5,12,18H. The van der Waals surface area contributed by atoms with E-state index >= 15 is 0 Å². The Bertz CT molecular complexity index is 592. The number of rotatable bonds is 2. The van der Waals surface area contributed by atoms with E-state index in [-0.39, 0.29) is 15.6 Å². The molecule has 94 valence electrons. The molecule has 2 aromatic rings. The highest BCUT2D eigenvalue weighted by Gasteiger charge is 2.20. The van der Waals surface area contributed by atoms with Crippen molar-refractivity contribution >= 4 is 15.9 Å². The highest BCUT2D eigenvalue weighted by Crippen LogP contribution is 2.32. The predicted octanol–water partition coefficient (Wildman–Crippen LogP) is 3.34. The number of aliphatic hydroxyl groups excluding tert-OH is 1. The van der Waals surface area contributed by atoms with Gasteiger partial charge in [0.25, 0.3) is 0 Å². The van der Waals surface area contributed by atoms with Crippen LogP contribution in [0.15, 0.2) is 35.1 Å². The first-order valence-corrected chi connectivity index (χ1v) is 5.72. The zero-order chi connectivity index (χ0) is 13.3. The Kier molecular flexibility index (Phi) is 3.68. The normalized spacial score (nSPS) is 12.5. The molecule has 0 saturated carbocycles. The van der Waals surface area contributed by atoms with Crippen LogP contribution in [0.1, 0.15) is 17.2 Å². The van der Waals surface area contributed by atoms with Crippen LogP contribution in [0.4, 0.5) is 13.2 Å². The van der Waals surface area contributed by atoms with E-state index in [9.17, 15) is 18.3 Å². The zero-order valence-corrected chi connectivity index (χ0v) is 10.5. The summed E-state index contributed by atoms with van der Waals surface area (Å²) in [6.07, 6.45) is 0.833. The lowest BCUT2D eigenvalue weighted by Crippen LogP contribution is -2.05. The molecule has 0 amide bonds. The molecular weight excluding hydrogens is 311 g/mol. The summed E-state index contributed by atoms with van der Waals surface area (Å²) in [5.74, 6) is -2.89. The average molecular weight is 318 g/mol. The van der Waals surface area contributed by atoms with Crippen molar-refractivity contribution in [1.29, 1.82) is 0 Å². The maximum atomic E-state index is 13.4. The number of aliphatic hydroxyl groups is 1. The largest absolute Gasteiger partial charge is 0.384 e. The van der Waals surface area contributed by atoms with Gasteiger partial charge in [0.15, 0.2) is 11.6 Å². The van der Waals surface area contributed by atoms with Crippen LogP contribution in [0.2, 0.25) is 0 Å². The van der Waals surface area contributed by atoms with Gasteiger partial charge >= 0.3 is 0 Å². The molecule has 1 unspecified atom stereocenters. The van der Waals surface area contributed by atoms with Gasteiger partial charge in [0, 0.05) is 17.3 Å². The lowest BCUT2D eigenvalue weighted by molar-refractivity contribution is 0.213. The molecule has 1 heterocycles. The molecule has 18 heavy (non-hydrogen) atoms. The van der Waals surface area contributed by atoms with Gasteiger partial charge in [-0.05, 0) is 28.1 Å². The van der Waals surface area contributed by atoms with Crippen LogP contribution in [-0.2, 0) is 0 Å². The summed E-state index contributed by atoms with van der Waals surface area (Å²) in [4.78, 5) is 3.54. The molecule has 0 aliphatic carbocycles. The Morgan fingerprint density at radius 2 is 1.78 bits per heavy atom. The minimum Gasteiger partial charge on any atom is -0.384 e. The molecule has 0 fully saturated rings. The third-order valence-corrected chi connectivity index (χ3v) is 3.26. The first-order valence-electron chi connectivity index (χ1n) is 4.93. The zero-order valence-electron chi connectivity index (χ0n) is 8.87. The molecule has 0 bridgehead atoms. The number of aromatic nitrogens is 1. The Labute approximate surface area is 109 Å². The van der Waals surface area contributed by atoms with Crippen molar-refractivity contribution in [1.82, 2.24) is 4.98 Å². The quantitative estimate of drug-likeness (QED) is 0.862. The Morgan fingerprint density at radius 3 is 2.44 bits per heavy atom. The van der Waals surface area contributed by atoms with Crippen molar-refractivity contribution in [2.24, 2.45) is 0 Å². The van der Waals surface area contributed by atoms with Crippen molar-refractivity contribution in [3.05, 3.63) is 63.6 Å². The third kappa shape index (κ3) is 2.26. The number of nitrogens with zero attached hydrogens (tertiary/aromatic N) is 1. The molecule has 2 nitrogen and oxygen atoms in total. The maximum Gasteiger partial charge on any atom is 0.173 e. The van der Waals surface area contributed by atoms with Crippen molar-refractivity contribution in [3.63, 3.8) is 0 Å². The lowest BCUT2D eigenvalue weighted by Gasteiger charge is -2.14. The van der Waals surface area contributed by atoms with Gasteiger partial charge in [0.05, 0.1) is 10.7 Å². The van der Waals surface area contributed by atoms with Crippen LogP contribution < -0.4 is 0 Å². The molecule has 1 N–H and O–H groups in total. The summed E-state index contributed by atoms with van der Waals surface area (Å²) in [5, 5.41) is 9.98. The number of hydrogen-bond acceptors (Lipinski definition) is 2. The molecule has 6 heteroatoms. The van der Waals surface area contributed by atoms with Gasteiger partial charge in [0.2, 0.25) is 0 Å². The van der Waals surface area contributed by atoms with Gasteiger partial charge in [-0.3, -0.25) is 4.98 Å². The number of halogens is 4. The van der Waals surface area contributed by atoms with Gasteiger partial charge in [-0.25, -0.2) is 13.2 Å². The molecule has 1 aromatic heterocycles. The predicted molar refractivity (Wildman–Crippen MR) is 62.3 cm³/mol. The van der Waals surface area contributed by atoms with E-state index in [0.717, 1.165) is 12.3 Å². The van der Waals surface area contributed by atoms with Gasteiger partial charge < -0.3 is 5.11 Å². The molecular formula is C12H7BrF3NO. The van der Waals surface area contributed by atoms with Crippen LogP contribution in [-0.4, -0.2) is 10.1 Å². The van der Waals surface area contributed by atoms with Crippen molar-refractivity contribution in [2.75, 3.05) is 0 Å². The summed E-state index contributed by atoms with van der Waals surface area (Å²) in [6, 6.07) is 3.33. The summed E-state index contributed by atoms with van der Waals surface area (Å²) in [6.45, 7) is 0. The number of pyridine rings is 1. The van der Waals surface area contributed by atoms with E-state index in [1.54, 1.807) is 0 Å². The number of benzene rings is 1. The topological polar surface area (TPSA) is 33.1 Å². The molecule has 0 aliphatic heterocycles. The molecule has 0 radical (unpaired) electrons. The van der Waals surface area contributed by atoms with Crippen LogP contribution >= 0.6 is 15.9 Å². The minimum atomic E-state index is -1.41. The van der Waals surface area contributed by atoms with Crippen LogP contribution in [0.5, 0.6) is 0 Å². The second kappa shape index (κ2) is 5.07. The van der Waals surface area contributed by atoms with E-state index < -0.39 is 23.6 Å². The van der Waals surface area contributed by atoms with E-state index in [1.165, 1.54) is 18.3 Å². The monoisotopic (exact) mass is 317 g/mol. The fourth-order valence-electron chi connectivity index (χ4n) is 1.53. The number of hydrogen-bond donors (Lipinski definition) is 1. The Hall–Kier alpha value is -1.40. The molecule has 0 aliphatic rings. The molecule has 1 aromatic carbocycles. The fourth-order valence-corrected chi connectivity index (χ4v) is 2.07. The molecule has 1 atom stereocenters. The summed E-state index contributed by atoms with van der Waals surface area (Å²) in [5.41, 5.74) is -0.0179. The second-order valence-corrected chi connectivity index (χ2v) is 4.36. The van der Waals surface area contributed by atoms with Crippen LogP contribution in [0.25, 0.3) is 0 Å². The lowest BCUT2D eigenvalue weighted by atomic mass is 10.0. The maximum absolute atomic E-state index is 13.4. The van der Waals surface area contributed by atoms with Crippen molar-refractivity contribution < 1.29 is 18.3 Å². The molecule has 0 spiro atoms. The summed E-state index contributed by atoms with van der Waals surface area (Å²) < 4.78 is 39.5. The highest BCUT2D eigenvalue weighted by molar-refractivity contribution is 9.10. The van der Waals surface area contributed by atoms with Crippen LogP contribution in [0.3, 0.4) is 0 Å². The smallest absolute Gasteiger partial charge is 0.173 e. The van der Waals surface area contributed by atoms with Gasteiger partial charge in [-0.1, -0.05) is 6.07 Å². The van der Waals surface area contributed by atoms with Gasteiger partial charge in [-0.15, -0.1) is 0 Å². The first-order chi connectivity index (χ1) is 8.52. The van der Waals surface area contributed by atoms with E-state index in [2.05, 4.69) is 20.9 Å². The third-order valence-electron chi connectivity index (χ3n) is 2.46. The Balaban J connectivity index is 2.50. The highest BCUT2D eigenvalue weighted by atomic mass is 79.9. The van der Waals surface area contributed by atoms with E-state index in [4.69, 9.17) is 0 Å². The first kappa shape index (κ1) is 13.0. The van der Waals surface area contributed by atoms with Crippen molar-refractivity contribution in [2.45, 2.75) is 6.10 Å². The average Bonchev–Trinajstić information content (AvgIpc) is 2.36. The molecule has 2 rings (SSSR count). The fraction of sp³-hybridized carbons (Fsp3) is 0.0833. The summed E-state index contributed by atoms with van der Waals surface area (Å²) in [7, 11) is 0. The minimum absolute atomic E-state index is 0.0407. The second-order valence-electron chi connectivity index (χ2n) is 3.56. The van der Waals surface area contributed by atoms with E-state index in [0.29, 0.717) is 0 Å².